The second-order valence-electron chi connectivity index (χ2n) is 8.11. The van der Waals surface area contributed by atoms with E-state index in [1.807, 2.05) is 53.4 Å². The fourth-order valence-electron chi connectivity index (χ4n) is 4.16. The molecule has 1 saturated heterocycles. The average molecular weight is 504 g/mol. The highest BCUT2D eigenvalue weighted by molar-refractivity contribution is 7.99. The molecule has 2 aromatic heterocycles. The van der Waals surface area contributed by atoms with E-state index in [1.54, 1.807) is 32.2 Å². The van der Waals surface area contributed by atoms with Gasteiger partial charge in [-0.25, -0.2) is 0 Å². The van der Waals surface area contributed by atoms with E-state index in [9.17, 15) is 0 Å². The summed E-state index contributed by atoms with van der Waals surface area (Å²) in [5.74, 6) is 2.14. The van der Waals surface area contributed by atoms with Crippen molar-refractivity contribution in [2.75, 3.05) is 19.1 Å². The molecule has 0 radical (unpaired) electrons. The summed E-state index contributed by atoms with van der Waals surface area (Å²) in [7, 11) is 3.27. The SMILES string of the molecule is COc1ccc(N2C(=S)N[C@@H](c3ccccn3)[C@@H]2c2ccc(Sc3ccc(C)cc3)o2)c(OC)c1. The minimum absolute atomic E-state index is 0.209. The highest BCUT2D eigenvalue weighted by Crippen LogP contribution is 2.46. The summed E-state index contributed by atoms with van der Waals surface area (Å²) in [6.45, 7) is 2.08. The van der Waals surface area contributed by atoms with Crippen LogP contribution in [-0.2, 0) is 0 Å². The Morgan fingerprint density at radius 2 is 1.83 bits per heavy atom. The highest BCUT2D eigenvalue weighted by Gasteiger charge is 2.43. The Hall–Kier alpha value is -3.49. The van der Waals surface area contributed by atoms with E-state index in [1.165, 1.54) is 5.56 Å². The largest absolute Gasteiger partial charge is 0.497 e. The Bertz CT molecular complexity index is 1330. The number of rotatable bonds is 7. The van der Waals surface area contributed by atoms with Crippen LogP contribution in [-0.4, -0.2) is 24.3 Å². The molecule has 5 rings (SSSR count). The summed E-state index contributed by atoms with van der Waals surface area (Å²) in [5, 5.41) is 4.83. The van der Waals surface area contributed by atoms with Crippen LogP contribution in [0.25, 0.3) is 0 Å². The summed E-state index contributed by atoms with van der Waals surface area (Å²) in [6, 6.07) is 23.5. The van der Waals surface area contributed by atoms with Crippen LogP contribution in [0, 0.1) is 6.92 Å². The zero-order chi connectivity index (χ0) is 24.4. The number of hydrogen-bond acceptors (Lipinski definition) is 6. The lowest BCUT2D eigenvalue weighted by Crippen LogP contribution is -2.29. The molecule has 0 unspecified atom stereocenters. The molecule has 0 amide bonds. The highest BCUT2D eigenvalue weighted by atomic mass is 32.2. The molecule has 0 saturated carbocycles. The maximum absolute atomic E-state index is 6.40. The van der Waals surface area contributed by atoms with Crippen molar-refractivity contribution < 1.29 is 13.9 Å². The molecule has 1 aliphatic rings. The van der Waals surface area contributed by atoms with Gasteiger partial charge in [-0.1, -0.05) is 35.5 Å². The van der Waals surface area contributed by atoms with Crippen LogP contribution in [0.5, 0.6) is 11.5 Å². The minimum Gasteiger partial charge on any atom is -0.497 e. The van der Waals surface area contributed by atoms with Gasteiger partial charge in [0.1, 0.15) is 23.3 Å². The van der Waals surface area contributed by atoms with Crippen molar-refractivity contribution in [1.29, 1.82) is 0 Å². The number of ether oxygens (including phenoxy) is 2. The molecule has 8 heteroatoms. The molecule has 2 atom stereocenters. The van der Waals surface area contributed by atoms with Gasteiger partial charge in [0, 0.05) is 17.2 Å². The van der Waals surface area contributed by atoms with E-state index < -0.39 is 0 Å². The van der Waals surface area contributed by atoms with Gasteiger partial charge in [-0.15, -0.1) is 0 Å². The Morgan fingerprint density at radius 1 is 1.00 bits per heavy atom. The maximum atomic E-state index is 6.40. The molecule has 35 heavy (non-hydrogen) atoms. The van der Waals surface area contributed by atoms with Crippen LogP contribution in [0.1, 0.15) is 29.1 Å². The molecule has 1 fully saturated rings. The number of pyridine rings is 1. The summed E-state index contributed by atoms with van der Waals surface area (Å²) < 4.78 is 17.5. The van der Waals surface area contributed by atoms with Gasteiger partial charge >= 0.3 is 0 Å². The van der Waals surface area contributed by atoms with Crippen LogP contribution in [0.15, 0.2) is 93.4 Å². The Morgan fingerprint density at radius 3 is 2.54 bits per heavy atom. The van der Waals surface area contributed by atoms with Crippen molar-refractivity contribution in [2.24, 2.45) is 0 Å². The van der Waals surface area contributed by atoms with Gasteiger partial charge in [-0.2, -0.15) is 0 Å². The van der Waals surface area contributed by atoms with Crippen LogP contribution < -0.4 is 19.7 Å². The van der Waals surface area contributed by atoms with E-state index in [2.05, 4.69) is 41.5 Å². The number of nitrogens with zero attached hydrogens (tertiary/aromatic N) is 2. The van der Waals surface area contributed by atoms with Gasteiger partial charge in [0.2, 0.25) is 0 Å². The Balaban J connectivity index is 1.55. The number of nitrogens with one attached hydrogen (secondary N) is 1. The molecular weight excluding hydrogens is 478 g/mol. The fraction of sp³-hybridized carbons (Fsp3) is 0.185. The van der Waals surface area contributed by atoms with Crippen LogP contribution in [0.4, 0.5) is 5.69 Å². The first-order valence-corrected chi connectivity index (χ1v) is 12.4. The van der Waals surface area contributed by atoms with E-state index in [4.69, 9.17) is 26.1 Å². The number of benzene rings is 2. The van der Waals surface area contributed by atoms with Gasteiger partial charge in [0.25, 0.3) is 0 Å². The van der Waals surface area contributed by atoms with E-state index >= 15 is 0 Å². The van der Waals surface area contributed by atoms with Crippen molar-refractivity contribution in [3.8, 4) is 11.5 Å². The van der Waals surface area contributed by atoms with Crippen molar-refractivity contribution in [2.45, 2.75) is 29.0 Å². The molecule has 2 aromatic carbocycles. The number of hydrogen-bond donors (Lipinski definition) is 1. The summed E-state index contributed by atoms with van der Waals surface area (Å²) in [4.78, 5) is 7.76. The van der Waals surface area contributed by atoms with Gasteiger partial charge in [-0.3, -0.25) is 4.98 Å². The summed E-state index contributed by atoms with van der Waals surface area (Å²) in [5.41, 5.74) is 2.92. The predicted octanol–water partition coefficient (Wildman–Crippen LogP) is 6.33. The Labute approximate surface area is 214 Å². The van der Waals surface area contributed by atoms with Crippen molar-refractivity contribution >= 4 is 34.8 Å². The molecule has 0 bridgehead atoms. The monoisotopic (exact) mass is 503 g/mol. The second kappa shape index (κ2) is 10.0. The third-order valence-electron chi connectivity index (χ3n) is 5.88. The lowest BCUT2D eigenvalue weighted by Gasteiger charge is -2.27. The van der Waals surface area contributed by atoms with Gasteiger partial charge < -0.3 is 24.1 Å². The summed E-state index contributed by atoms with van der Waals surface area (Å²) >= 11 is 7.41. The third kappa shape index (κ3) is 4.72. The van der Waals surface area contributed by atoms with Crippen molar-refractivity contribution in [1.82, 2.24) is 10.3 Å². The van der Waals surface area contributed by atoms with E-state index in [-0.39, 0.29) is 12.1 Å². The van der Waals surface area contributed by atoms with Crippen LogP contribution in [0.3, 0.4) is 0 Å². The zero-order valence-electron chi connectivity index (χ0n) is 19.6. The minimum atomic E-state index is -0.271. The zero-order valence-corrected chi connectivity index (χ0v) is 21.2. The van der Waals surface area contributed by atoms with Crippen LogP contribution in [0.2, 0.25) is 0 Å². The van der Waals surface area contributed by atoms with Crippen molar-refractivity contribution in [3.05, 3.63) is 96.0 Å². The van der Waals surface area contributed by atoms with Gasteiger partial charge in [0.15, 0.2) is 10.2 Å². The van der Waals surface area contributed by atoms with Gasteiger partial charge in [0.05, 0.1) is 31.6 Å². The standard InChI is InChI=1S/C27H25N3O3S2/c1-17-7-10-19(11-8-17)35-24-14-13-22(33-24)26-25(20-6-4-5-15-28-20)29-27(34)30(26)21-12-9-18(31-2)16-23(21)32-3/h4-16,25-26H,1-3H3,(H,29,34)/t25-,26-/m0/s1. The van der Waals surface area contributed by atoms with E-state index in [0.717, 1.165) is 27.1 Å². The number of thiocarbonyl (C=S) groups is 1. The lowest BCUT2D eigenvalue weighted by atomic mass is 10.0. The summed E-state index contributed by atoms with van der Waals surface area (Å²) in [6.07, 6.45) is 1.79. The second-order valence-corrected chi connectivity index (χ2v) is 9.57. The average Bonchev–Trinajstić information content (AvgIpc) is 3.49. The smallest absolute Gasteiger partial charge is 0.174 e. The quantitative estimate of drug-likeness (QED) is 0.294. The maximum Gasteiger partial charge on any atom is 0.174 e. The predicted molar refractivity (Wildman–Crippen MR) is 141 cm³/mol. The molecule has 0 spiro atoms. The normalized spacial score (nSPS) is 17.3. The topological polar surface area (TPSA) is 59.8 Å². The first-order valence-electron chi connectivity index (χ1n) is 11.1. The molecule has 1 N–H and O–H groups in total. The number of methoxy groups -OCH3 is 2. The molecular formula is C27H25N3O3S2. The van der Waals surface area contributed by atoms with Crippen LogP contribution >= 0.6 is 24.0 Å². The Kier molecular flexibility index (Phi) is 6.66. The lowest BCUT2D eigenvalue weighted by molar-refractivity contribution is 0.378. The van der Waals surface area contributed by atoms with Gasteiger partial charge in [-0.05, 0) is 67.7 Å². The third-order valence-corrected chi connectivity index (χ3v) is 7.12. The van der Waals surface area contributed by atoms with E-state index in [0.29, 0.717) is 16.6 Å². The van der Waals surface area contributed by atoms with Crippen molar-refractivity contribution in [3.63, 3.8) is 0 Å². The number of aromatic nitrogens is 1. The molecule has 178 valence electrons. The molecule has 6 nitrogen and oxygen atoms in total. The first kappa shape index (κ1) is 23.3. The molecule has 1 aliphatic heterocycles. The molecule has 3 heterocycles. The number of furan rings is 1. The number of aryl methyl sites for hydroxylation is 1. The number of anilines is 1. The first-order chi connectivity index (χ1) is 17.1. The fourth-order valence-corrected chi connectivity index (χ4v) is 5.28. The molecule has 0 aliphatic carbocycles. The molecule has 4 aromatic rings.